The van der Waals surface area contributed by atoms with Crippen LogP contribution in [0.3, 0.4) is 0 Å². The first-order chi connectivity index (χ1) is 10.8. The van der Waals surface area contributed by atoms with Crippen LogP contribution in [-0.2, 0) is 14.3 Å². The standard InChI is InChI=1S/C14H19BCl2N2O4/c1-3-23-14(21)7-12(19-13(20)8-18-15(2)22)9-4-10(16)6-11(17)5-9/h4-6,12,18,22H,3,7-8H2,1-2H3,(H,19,20). The summed E-state index contributed by atoms with van der Waals surface area (Å²) in [6, 6.07) is 4.18. The molecule has 126 valence electrons. The first-order valence-corrected chi connectivity index (χ1v) is 7.89. The van der Waals surface area contributed by atoms with Crippen molar-refractivity contribution in [2.24, 2.45) is 0 Å². The van der Waals surface area contributed by atoms with E-state index in [9.17, 15) is 9.59 Å². The Labute approximate surface area is 145 Å². The zero-order chi connectivity index (χ0) is 17.4. The van der Waals surface area contributed by atoms with Gasteiger partial charge in [-0.3, -0.25) is 9.59 Å². The largest absolute Gasteiger partial charge is 0.466 e. The molecule has 0 saturated carbocycles. The molecule has 3 N–H and O–H groups in total. The first-order valence-electron chi connectivity index (χ1n) is 7.14. The Kier molecular flexibility index (Phi) is 8.40. The number of rotatable bonds is 8. The van der Waals surface area contributed by atoms with E-state index in [1.807, 2.05) is 0 Å². The molecule has 0 aliphatic rings. The molecule has 0 aliphatic carbocycles. The predicted molar refractivity (Wildman–Crippen MR) is 90.4 cm³/mol. The van der Waals surface area contributed by atoms with E-state index in [0.29, 0.717) is 15.6 Å². The zero-order valence-electron chi connectivity index (χ0n) is 12.9. The van der Waals surface area contributed by atoms with Crippen LogP contribution in [0.25, 0.3) is 0 Å². The van der Waals surface area contributed by atoms with Crippen molar-refractivity contribution in [1.82, 2.24) is 10.5 Å². The minimum Gasteiger partial charge on any atom is -0.466 e. The summed E-state index contributed by atoms with van der Waals surface area (Å²) in [6.45, 7) is 3.36. The predicted octanol–water partition coefficient (Wildman–Crippen LogP) is 1.80. The van der Waals surface area contributed by atoms with E-state index in [2.05, 4.69) is 10.5 Å². The van der Waals surface area contributed by atoms with Crippen LogP contribution in [0.15, 0.2) is 18.2 Å². The van der Waals surface area contributed by atoms with Crippen molar-refractivity contribution in [2.75, 3.05) is 13.2 Å². The van der Waals surface area contributed by atoms with E-state index in [0.717, 1.165) is 0 Å². The summed E-state index contributed by atoms with van der Waals surface area (Å²) in [5.41, 5.74) is 0.598. The molecule has 0 heterocycles. The van der Waals surface area contributed by atoms with E-state index in [-0.39, 0.29) is 25.5 Å². The molecule has 0 saturated heterocycles. The van der Waals surface area contributed by atoms with Gasteiger partial charge in [-0.15, -0.1) is 0 Å². The number of benzene rings is 1. The topological polar surface area (TPSA) is 87.7 Å². The molecule has 1 amide bonds. The van der Waals surface area contributed by atoms with Crippen LogP contribution in [0, 0.1) is 0 Å². The van der Waals surface area contributed by atoms with Crippen molar-refractivity contribution in [3.8, 4) is 0 Å². The third-order valence-electron chi connectivity index (χ3n) is 2.86. The number of ether oxygens (including phenoxy) is 1. The van der Waals surface area contributed by atoms with Crippen LogP contribution in [-0.4, -0.2) is 37.1 Å². The van der Waals surface area contributed by atoms with Crippen LogP contribution in [0.4, 0.5) is 0 Å². The summed E-state index contributed by atoms with van der Waals surface area (Å²) in [6.07, 6.45) is -0.0507. The third-order valence-corrected chi connectivity index (χ3v) is 3.29. The maximum Gasteiger partial charge on any atom is 0.374 e. The van der Waals surface area contributed by atoms with Crippen molar-refractivity contribution >= 4 is 42.1 Å². The molecule has 23 heavy (non-hydrogen) atoms. The van der Waals surface area contributed by atoms with Gasteiger partial charge in [0.1, 0.15) is 0 Å². The smallest absolute Gasteiger partial charge is 0.374 e. The summed E-state index contributed by atoms with van der Waals surface area (Å²) in [5, 5.41) is 15.2. The lowest BCUT2D eigenvalue weighted by Gasteiger charge is -2.19. The quantitative estimate of drug-likeness (QED) is 0.486. The Morgan fingerprint density at radius 3 is 2.43 bits per heavy atom. The van der Waals surface area contributed by atoms with Gasteiger partial charge in [0.05, 0.1) is 25.6 Å². The number of carbonyl (C=O) groups excluding carboxylic acids is 2. The van der Waals surface area contributed by atoms with Crippen LogP contribution >= 0.6 is 23.2 Å². The van der Waals surface area contributed by atoms with Gasteiger partial charge in [0, 0.05) is 10.0 Å². The molecule has 9 heteroatoms. The average Bonchev–Trinajstić information content (AvgIpc) is 2.43. The van der Waals surface area contributed by atoms with Gasteiger partial charge in [-0.1, -0.05) is 23.2 Å². The summed E-state index contributed by atoms with van der Waals surface area (Å²) in [5.74, 6) is -0.825. The van der Waals surface area contributed by atoms with E-state index >= 15 is 0 Å². The first kappa shape index (κ1) is 19.8. The van der Waals surface area contributed by atoms with Gasteiger partial charge in [-0.25, -0.2) is 0 Å². The number of halogens is 2. The van der Waals surface area contributed by atoms with Crippen LogP contribution in [0.5, 0.6) is 0 Å². The molecule has 6 nitrogen and oxygen atoms in total. The number of carbonyl (C=O) groups is 2. The second-order valence-corrected chi connectivity index (χ2v) is 5.76. The fourth-order valence-corrected chi connectivity index (χ4v) is 2.44. The Balaban J connectivity index is 2.88. The molecule has 0 aliphatic heterocycles. The van der Waals surface area contributed by atoms with Gasteiger partial charge in [0.25, 0.3) is 0 Å². The molecule has 0 spiro atoms. The fourth-order valence-electron chi connectivity index (χ4n) is 1.90. The summed E-state index contributed by atoms with van der Waals surface area (Å²) < 4.78 is 4.92. The molecule has 0 radical (unpaired) electrons. The SMILES string of the molecule is CCOC(=O)CC(NC(=O)CNB(C)O)c1cc(Cl)cc(Cl)c1. The molecule has 1 rings (SSSR count). The number of nitrogens with one attached hydrogen (secondary N) is 2. The van der Waals surface area contributed by atoms with Crippen molar-refractivity contribution in [2.45, 2.75) is 26.2 Å². The van der Waals surface area contributed by atoms with Crippen LogP contribution in [0.2, 0.25) is 16.9 Å². The molecular weight excluding hydrogens is 342 g/mol. The molecule has 0 fully saturated rings. The summed E-state index contributed by atoms with van der Waals surface area (Å²) in [4.78, 5) is 23.7. The third kappa shape index (κ3) is 7.70. The number of esters is 1. The van der Waals surface area contributed by atoms with Crippen molar-refractivity contribution < 1.29 is 19.3 Å². The maximum atomic E-state index is 11.9. The highest BCUT2D eigenvalue weighted by Gasteiger charge is 2.20. The molecule has 1 aromatic rings. The molecular formula is C14H19BCl2N2O4. The number of hydrogen-bond donors (Lipinski definition) is 3. The fraction of sp³-hybridized carbons (Fsp3) is 0.429. The van der Waals surface area contributed by atoms with Crippen molar-refractivity contribution in [3.05, 3.63) is 33.8 Å². The highest BCUT2D eigenvalue weighted by atomic mass is 35.5. The molecule has 1 unspecified atom stereocenters. The van der Waals surface area contributed by atoms with Crippen LogP contribution in [0.1, 0.15) is 24.9 Å². The molecule has 0 bridgehead atoms. The Hall–Kier alpha value is -1.28. The van der Waals surface area contributed by atoms with Gasteiger partial charge in [0.15, 0.2) is 0 Å². The van der Waals surface area contributed by atoms with E-state index in [4.69, 9.17) is 33.0 Å². The Morgan fingerprint density at radius 1 is 1.30 bits per heavy atom. The van der Waals surface area contributed by atoms with Gasteiger partial charge < -0.3 is 20.3 Å². The Morgan fingerprint density at radius 2 is 1.91 bits per heavy atom. The van der Waals surface area contributed by atoms with Crippen LogP contribution < -0.4 is 10.5 Å². The maximum absolute atomic E-state index is 11.9. The number of hydrogen-bond acceptors (Lipinski definition) is 5. The average molecular weight is 361 g/mol. The molecule has 1 atom stereocenters. The van der Waals surface area contributed by atoms with Gasteiger partial charge in [-0.05, 0) is 37.5 Å². The summed E-state index contributed by atoms with van der Waals surface area (Å²) in [7, 11) is -0.815. The van der Waals surface area contributed by atoms with Crippen molar-refractivity contribution in [1.29, 1.82) is 0 Å². The van der Waals surface area contributed by atoms with E-state index in [1.165, 1.54) is 6.82 Å². The zero-order valence-corrected chi connectivity index (χ0v) is 14.4. The minimum atomic E-state index is -0.815. The lowest BCUT2D eigenvalue weighted by molar-refractivity contribution is -0.143. The molecule has 1 aromatic carbocycles. The van der Waals surface area contributed by atoms with E-state index < -0.39 is 19.1 Å². The number of amides is 1. The van der Waals surface area contributed by atoms with Crippen molar-refractivity contribution in [3.63, 3.8) is 0 Å². The minimum absolute atomic E-state index is 0.0507. The Bertz CT molecular complexity index is 537. The van der Waals surface area contributed by atoms with Gasteiger partial charge >= 0.3 is 13.0 Å². The lowest BCUT2D eigenvalue weighted by atomic mass is 9.89. The second kappa shape index (κ2) is 9.77. The summed E-state index contributed by atoms with van der Waals surface area (Å²) >= 11 is 11.9. The monoisotopic (exact) mass is 360 g/mol. The van der Waals surface area contributed by atoms with Gasteiger partial charge in [-0.2, -0.15) is 0 Å². The highest BCUT2D eigenvalue weighted by Crippen LogP contribution is 2.25. The van der Waals surface area contributed by atoms with Gasteiger partial charge in [0.2, 0.25) is 5.91 Å². The normalized spacial score (nSPS) is 11.7. The highest BCUT2D eigenvalue weighted by molar-refractivity contribution is 6.45. The second-order valence-electron chi connectivity index (χ2n) is 4.89. The lowest BCUT2D eigenvalue weighted by Crippen LogP contribution is -2.42. The van der Waals surface area contributed by atoms with E-state index in [1.54, 1.807) is 25.1 Å². The molecule has 0 aromatic heterocycles.